The maximum atomic E-state index is 11.9. The third-order valence-electron chi connectivity index (χ3n) is 3.74. The van der Waals surface area contributed by atoms with E-state index in [0.717, 1.165) is 31.7 Å². The Hall–Kier alpha value is -0.180. The van der Waals surface area contributed by atoms with Gasteiger partial charge in [0.2, 0.25) is 5.91 Å². The van der Waals surface area contributed by atoms with Crippen molar-refractivity contribution in [3.8, 4) is 0 Å². The highest BCUT2D eigenvalue weighted by molar-refractivity contribution is 7.80. The van der Waals surface area contributed by atoms with Gasteiger partial charge in [-0.1, -0.05) is 12.8 Å². The van der Waals surface area contributed by atoms with Gasteiger partial charge in [0.1, 0.15) is 0 Å². The van der Waals surface area contributed by atoms with E-state index in [2.05, 4.69) is 17.5 Å². The lowest BCUT2D eigenvalue weighted by Gasteiger charge is -2.28. The van der Waals surface area contributed by atoms with E-state index >= 15 is 0 Å². The Kier molecular flexibility index (Phi) is 3.60. The number of rotatable bonds is 3. The van der Waals surface area contributed by atoms with Crippen LogP contribution in [0.5, 0.6) is 0 Å². The zero-order valence-corrected chi connectivity index (χ0v) is 10.3. The van der Waals surface area contributed by atoms with Crippen LogP contribution in [-0.2, 0) is 4.79 Å². The number of nitrogens with zero attached hydrogens (tertiary/aromatic N) is 1. The molecule has 0 spiro atoms. The van der Waals surface area contributed by atoms with Crippen molar-refractivity contribution in [3.63, 3.8) is 0 Å². The zero-order valence-electron chi connectivity index (χ0n) is 9.37. The quantitative estimate of drug-likeness (QED) is 0.735. The van der Waals surface area contributed by atoms with Gasteiger partial charge in [-0.3, -0.25) is 4.79 Å². The highest BCUT2D eigenvalue weighted by Crippen LogP contribution is 2.47. The van der Waals surface area contributed by atoms with Crippen molar-refractivity contribution in [1.82, 2.24) is 4.90 Å². The average molecular weight is 227 g/mol. The summed E-state index contributed by atoms with van der Waals surface area (Å²) < 4.78 is 0. The Morgan fingerprint density at radius 1 is 1.20 bits per heavy atom. The normalized spacial score (nSPS) is 25.9. The summed E-state index contributed by atoms with van der Waals surface area (Å²) in [7, 11) is 0. The molecular weight excluding hydrogens is 206 g/mol. The lowest BCUT2D eigenvalue weighted by Crippen LogP contribution is -2.38. The van der Waals surface area contributed by atoms with Crippen LogP contribution in [0.3, 0.4) is 0 Å². The highest BCUT2D eigenvalue weighted by atomic mass is 32.1. The number of likely N-dealkylation sites (tertiary alicyclic amines) is 1. The molecule has 0 aromatic heterocycles. The molecule has 0 atom stereocenters. The molecule has 2 rings (SSSR count). The Labute approximate surface area is 97.8 Å². The van der Waals surface area contributed by atoms with Crippen molar-refractivity contribution < 1.29 is 4.79 Å². The van der Waals surface area contributed by atoms with E-state index in [-0.39, 0.29) is 0 Å². The molecule has 2 fully saturated rings. The summed E-state index contributed by atoms with van der Waals surface area (Å²) in [5, 5.41) is 0. The van der Waals surface area contributed by atoms with Crippen molar-refractivity contribution in [3.05, 3.63) is 0 Å². The first kappa shape index (κ1) is 11.3. The Morgan fingerprint density at radius 3 is 2.60 bits per heavy atom. The monoisotopic (exact) mass is 227 g/mol. The molecule has 1 amide bonds. The largest absolute Gasteiger partial charge is 0.342 e. The molecule has 2 nitrogen and oxygen atoms in total. The summed E-state index contributed by atoms with van der Waals surface area (Å²) in [6.07, 6.45) is 8.09. The Bertz CT molecular complexity index is 238. The van der Waals surface area contributed by atoms with Crippen molar-refractivity contribution in [2.45, 2.75) is 44.9 Å². The maximum absolute atomic E-state index is 11.9. The van der Waals surface area contributed by atoms with E-state index in [1.165, 1.54) is 32.1 Å². The summed E-state index contributed by atoms with van der Waals surface area (Å²) in [6.45, 7) is 1.95. The Balaban J connectivity index is 1.89. The lowest BCUT2D eigenvalue weighted by molar-refractivity contribution is -0.132. The molecule has 2 aliphatic rings. The van der Waals surface area contributed by atoms with E-state index in [1.54, 1.807) is 0 Å². The van der Waals surface area contributed by atoms with Gasteiger partial charge in [-0.25, -0.2) is 0 Å². The molecule has 0 bridgehead atoms. The fourth-order valence-electron chi connectivity index (χ4n) is 2.33. The molecule has 15 heavy (non-hydrogen) atoms. The molecule has 86 valence electrons. The van der Waals surface area contributed by atoms with Crippen molar-refractivity contribution >= 4 is 18.5 Å². The summed E-state index contributed by atoms with van der Waals surface area (Å²) >= 11 is 4.40. The standard InChI is InChI=1S/C12H21NOS/c14-11-5-3-1-2-4-8-13(11)9-12(10-15)6-7-12/h15H,1-10H2. The number of carbonyl (C=O) groups excluding carboxylic acids is 1. The fourth-order valence-corrected chi connectivity index (χ4v) is 2.75. The molecule has 0 radical (unpaired) electrons. The van der Waals surface area contributed by atoms with Crippen LogP contribution >= 0.6 is 12.6 Å². The van der Waals surface area contributed by atoms with E-state index in [0.29, 0.717) is 11.3 Å². The molecule has 1 saturated carbocycles. The third kappa shape index (κ3) is 2.90. The summed E-state index contributed by atoms with van der Waals surface area (Å²) in [4.78, 5) is 14.0. The van der Waals surface area contributed by atoms with Gasteiger partial charge in [0.25, 0.3) is 0 Å². The van der Waals surface area contributed by atoms with Gasteiger partial charge in [-0.2, -0.15) is 12.6 Å². The predicted molar refractivity (Wildman–Crippen MR) is 65.2 cm³/mol. The van der Waals surface area contributed by atoms with Gasteiger partial charge < -0.3 is 4.90 Å². The molecule has 3 heteroatoms. The first-order valence-corrected chi connectivity index (χ1v) is 6.78. The van der Waals surface area contributed by atoms with Crippen LogP contribution in [0, 0.1) is 5.41 Å². The second-order valence-corrected chi connectivity index (χ2v) is 5.45. The van der Waals surface area contributed by atoms with Gasteiger partial charge >= 0.3 is 0 Å². The van der Waals surface area contributed by atoms with Crippen molar-refractivity contribution in [2.75, 3.05) is 18.8 Å². The second kappa shape index (κ2) is 4.77. The minimum Gasteiger partial charge on any atom is -0.342 e. The Morgan fingerprint density at radius 2 is 1.93 bits per heavy atom. The number of carbonyl (C=O) groups is 1. The zero-order chi connectivity index (χ0) is 10.7. The van der Waals surface area contributed by atoms with Gasteiger partial charge in [-0.15, -0.1) is 0 Å². The van der Waals surface area contributed by atoms with Crippen molar-refractivity contribution in [2.24, 2.45) is 5.41 Å². The predicted octanol–water partition coefficient (Wildman–Crippen LogP) is 2.49. The van der Waals surface area contributed by atoms with Crippen molar-refractivity contribution in [1.29, 1.82) is 0 Å². The summed E-state index contributed by atoms with van der Waals surface area (Å²) in [6, 6.07) is 0. The van der Waals surface area contributed by atoms with Gasteiger partial charge in [0.15, 0.2) is 0 Å². The molecule has 0 unspecified atom stereocenters. The number of thiol groups is 1. The molecule has 0 N–H and O–H groups in total. The smallest absolute Gasteiger partial charge is 0.222 e. The average Bonchev–Trinajstić information content (AvgIpc) is 2.99. The molecule has 1 heterocycles. The molecule has 1 aliphatic carbocycles. The number of amides is 1. The number of hydrogen-bond donors (Lipinski definition) is 1. The first-order valence-electron chi connectivity index (χ1n) is 6.14. The minimum absolute atomic E-state index is 0.378. The van der Waals surface area contributed by atoms with Crippen LogP contribution in [0.4, 0.5) is 0 Å². The maximum Gasteiger partial charge on any atom is 0.222 e. The molecular formula is C12H21NOS. The third-order valence-corrected chi connectivity index (χ3v) is 4.41. The van der Waals surface area contributed by atoms with Crippen LogP contribution in [0.25, 0.3) is 0 Å². The molecule has 1 saturated heterocycles. The molecule has 1 aliphatic heterocycles. The second-order valence-electron chi connectivity index (χ2n) is 5.14. The highest BCUT2D eigenvalue weighted by Gasteiger charge is 2.43. The SMILES string of the molecule is O=C1CCCCCCN1CC1(CS)CC1. The number of hydrogen-bond acceptors (Lipinski definition) is 2. The van der Waals surface area contributed by atoms with Crippen LogP contribution in [0.2, 0.25) is 0 Å². The van der Waals surface area contributed by atoms with Gasteiger partial charge in [-0.05, 0) is 36.9 Å². The van der Waals surface area contributed by atoms with E-state index < -0.39 is 0 Å². The van der Waals surface area contributed by atoms with Crippen LogP contribution in [0.1, 0.15) is 44.9 Å². The van der Waals surface area contributed by atoms with Crippen LogP contribution in [-0.4, -0.2) is 29.6 Å². The minimum atomic E-state index is 0.378. The summed E-state index contributed by atoms with van der Waals surface area (Å²) in [5.41, 5.74) is 0.387. The topological polar surface area (TPSA) is 20.3 Å². The molecule has 0 aromatic rings. The van der Waals surface area contributed by atoms with E-state index in [9.17, 15) is 4.79 Å². The van der Waals surface area contributed by atoms with Gasteiger partial charge in [0, 0.05) is 19.5 Å². The van der Waals surface area contributed by atoms with Crippen LogP contribution < -0.4 is 0 Å². The van der Waals surface area contributed by atoms with E-state index in [1.807, 2.05) is 0 Å². The van der Waals surface area contributed by atoms with E-state index in [4.69, 9.17) is 0 Å². The lowest BCUT2D eigenvalue weighted by atomic mass is 10.0. The summed E-state index contributed by atoms with van der Waals surface area (Å²) in [5.74, 6) is 1.32. The van der Waals surface area contributed by atoms with Crippen LogP contribution in [0.15, 0.2) is 0 Å². The fraction of sp³-hybridized carbons (Fsp3) is 0.917. The molecule has 0 aromatic carbocycles. The van der Waals surface area contributed by atoms with Gasteiger partial charge in [0.05, 0.1) is 0 Å². The first-order chi connectivity index (χ1) is 7.26.